The summed E-state index contributed by atoms with van der Waals surface area (Å²) in [6, 6.07) is 1.47. The molecule has 0 radical (unpaired) electrons. The van der Waals surface area contributed by atoms with Gasteiger partial charge in [0.25, 0.3) is 0 Å². The van der Waals surface area contributed by atoms with E-state index >= 15 is 0 Å². The van der Waals surface area contributed by atoms with Gasteiger partial charge in [-0.25, -0.2) is 0 Å². The van der Waals surface area contributed by atoms with Gasteiger partial charge in [0.2, 0.25) is 5.91 Å². The maximum absolute atomic E-state index is 10.4. The van der Waals surface area contributed by atoms with Crippen molar-refractivity contribution in [2.45, 2.75) is 6.54 Å². The van der Waals surface area contributed by atoms with Crippen LogP contribution in [0.4, 0.5) is 5.00 Å². The van der Waals surface area contributed by atoms with Gasteiger partial charge in [-0.05, 0) is 5.56 Å². The molecule has 76 valence electrons. The molecular weight excluding hydrogens is 206 g/mol. The summed E-state index contributed by atoms with van der Waals surface area (Å²) in [5, 5.41) is 14.9. The van der Waals surface area contributed by atoms with Crippen LogP contribution in [0.2, 0.25) is 0 Å². The summed E-state index contributed by atoms with van der Waals surface area (Å²) < 4.78 is 0. The molecule has 0 saturated heterocycles. The highest BCUT2D eigenvalue weighted by atomic mass is 32.1. The molecule has 0 aliphatic rings. The van der Waals surface area contributed by atoms with Gasteiger partial charge in [0.05, 0.1) is 11.5 Å². The van der Waals surface area contributed by atoms with Crippen LogP contribution in [0, 0.1) is 10.1 Å². The lowest BCUT2D eigenvalue weighted by Gasteiger charge is -1.97. The molecule has 6 nitrogen and oxygen atoms in total. The van der Waals surface area contributed by atoms with Crippen molar-refractivity contribution in [1.29, 1.82) is 0 Å². The van der Waals surface area contributed by atoms with Crippen molar-refractivity contribution in [2.75, 3.05) is 6.54 Å². The number of hydrogen-bond acceptors (Lipinski definition) is 5. The van der Waals surface area contributed by atoms with Crippen LogP contribution in [0.1, 0.15) is 5.56 Å². The van der Waals surface area contributed by atoms with Gasteiger partial charge >= 0.3 is 5.00 Å². The third kappa shape index (κ3) is 3.11. The number of carbonyl (C=O) groups is 1. The molecule has 0 unspecified atom stereocenters. The molecule has 14 heavy (non-hydrogen) atoms. The molecule has 1 heterocycles. The maximum atomic E-state index is 10.4. The van der Waals surface area contributed by atoms with Crippen LogP contribution in [0.15, 0.2) is 11.4 Å². The fourth-order valence-electron chi connectivity index (χ4n) is 0.881. The summed E-state index contributed by atoms with van der Waals surface area (Å²) in [6.07, 6.45) is 0. The highest BCUT2D eigenvalue weighted by Crippen LogP contribution is 2.22. The van der Waals surface area contributed by atoms with Gasteiger partial charge in [0, 0.05) is 18.0 Å². The van der Waals surface area contributed by atoms with Crippen molar-refractivity contribution in [3.63, 3.8) is 0 Å². The van der Waals surface area contributed by atoms with Gasteiger partial charge in [-0.1, -0.05) is 11.3 Å². The summed E-state index contributed by atoms with van der Waals surface area (Å²) in [7, 11) is 0. The van der Waals surface area contributed by atoms with Crippen LogP contribution in [-0.2, 0) is 11.3 Å². The van der Waals surface area contributed by atoms with Crippen LogP contribution in [-0.4, -0.2) is 17.4 Å². The number of thiophene rings is 1. The van der Waals surface area contributed by atoms with E-state index in [-0.39, 0.29) is 11.5 Å². The zero-order chi connectivity index (χ0) is 10.6. The fraction of sp³-hybridized carbons (Fsp3) is 0.286. The van der Waals surface area contributed by atoms with Crippen molar-refractivity contribution in [1.82, 2.24) is 5.32 Å². The lowest BCUT2D eigenvalue weighted by molar-refractivity contribution is -0.380. The van der Waals surface area contributed by atoms with Crippen LogP contribution in [0.5, 0.6) is 0 Å². The first kappa shape index (κ1) is 10.6. The molecule has 0 fully saturated rings. The van der Waals surface area contributed by atoms with Gasteiger partial charge in [0.15, 0.2) is 0 Å². The second-order valence-electron chi connectivity index (χ2n) is 2.62. The summed E-state index contributed by atoms with van der Waals surface area (Å²) in [6.45, 7) is 0.483. The number of amides is 1. The molecule has 1 aromatic rings. The van der Waals surface area contributed by atoms with Crippen LogP contribution < -0.4 is 11.1 Å². The molecule has 1 rings (SSSR count). The average Bonchev–Trinajstić information content (AvgIpc) is 2.52. The molecule has 0 aliphatic carbocycles. The maximum Gasteiger partial charge on any atom is 0.324 e. The number of nitro groups is 1. The van der Waals surface area contributed by atoms with Gasteiger partial charge in [-0.3, -0.25) is 14.9 Å². The molecule has 0 spiro atoms. The van der Waals surface area contributed by atoms with E-state index in [1.165, 1.54) is 6.07 Å². The molecule has 0 aliphatic heterocycles. The Bertz CT molecular complexity index is 350. The Morgan fingerprint density at radius 1 is 1.71 bits per heavy atom. The van der Waals surface area contributed by atoms with Gasteiger partial charge in [-0.2, -0.15) is 0 Å². The topological polar surface area (TPSA) is 98.3 Å². The lowest BCUT2D eigenvalue weighted by Crippen LogP contribution is -2.27. The Morgan fingerprint density at radius 2 is 2.43 bits per heavy atom. The summed E-state index contributed by atoms with van der Waals surface area (Å²) in [5.74, 6) is -0.449. The van der Waals surface area contributed by atoms with E-state index in [2.05, 4.69) is 5.32 Å². The van der Waals surface area contributed by atoms with Crippen molar-refractivity contribution in [3.05, 3.63) is 27.1 Å². The Morgan fingerprint density at radius 3 is 2.93 bits per heavy atom. The first-order valence-corrected chi connectivity index (χ1v) is 4.68. The summed E-state index contributed by atoms with van der Waals surface area (Å²) in [4.78, 5) is 20.2. The minimum Gasteiger partial charge on any atom is -0.369 e. The average molecular weight is 215 g/mol. The van der Waals surface area contributed by atoms with Gasteiger partial charge in [-0.15, -0.1) is 0 Å². The van der Waals surface area contributed by atoms with E-state index in [4.69, 9.17) is 5.73 Å². The Kier molecular flexibility index (Phi) is 3.55. The monoisotopic (exact) mass is 215 g/mol. The minimum absolute atomic E-state index is 0.0731. The number of carbonyl (C=O) groups excluding carboxylic acids is 1. The first-order valence-electron chi connectivity index (χ1n) is 3.80. The Hall–Kier alpha value is -1.47. The lowest BCUT2D eigenvalue weighted by atomic mass is 10.3. The highest BCUT2D eigenvalue weighted by molar-refractivity contribution is 7.13. The second kappa shape index (κ2) is 4.68. The van der Waals surface area contributed by atoms with E-state index in [9.17, 15) is 14.9 Å². The zero-order valence-corrected chi connectivity index (χ0v) is 8.04. The largest absolute Gasteiger partial charge is 0.369 e. The van der Waals surface area contributed by atoms with E-state index in [1.807, 2.05) is 0 Å². The predicted molar refractivity (Wildman–Crippen MR) is 51.9 cm³/mol. The molecule has 0 saturated carbocycles. The molecular formula is C7H9N3O3S. The predicted octanol–water partition coefficient (Wildman–Crippen LogP) is 0.231. The molecule has 3 N–H and O–H groups in total. The minimum atomic E-state index is -0.449. The van der Waals surface area contributed by atoms with Crippen LogP contribution in [0.3, 0.4) is 0 Å². The number of primary amides is 1. The molecule has 0 bridgehead atoms. The standard InChI is InChI=1S/C7H9N3O3S/c8-6(11)3-9-2-5-1-7(10(12)13)14-4-5/h1,4,9H,2-3H2,(H2,8,11). The highest BCUT2D eigenvalue weighted by Gasteiger charge is 2.08. The van der Waals surface area contributed by atoms with E-state index in [1.54, 1.807) is 5.38 Å². The van der Waals surface area contributed by atoms with Gasteiger partial charge < -0.3 is 11.1 Å². The van der Waals surface area contributed by atoms with Crippen molar-refractivity contribution in [3.8, 4) is 0 Å². The molecule has 1 amide bonds. The molecule has 7 heteroatoms. The summed E-state index contributed by atoms with van der Waals surface area (Å²) in [5.41, 5.74) is 5.68. The number of rotatable bonds is 5. The van der Waals surface area contributed by atoms with Crippen LogP contribution >= 0.6 is 11.3 Å². The van der Waals surface area contributed by atoms with E-state index in [0.717, 1.165) is 16.9 Å². The van der Waals surface area contributed by atoms with E-state index < -0.39 is 10.8 Å². The molecule has 0 aromatic carbocycles. The van der Waals surface area contributed by atoms with Crippen molar-refractivity contribution < 1.29 is 9.72 Å². The zero-order valence-electron chi connectivity index (χ0n) is 7.23. The smallest absolute Gasteiger partial charge is 0.324 e. The molecule has 0 atom stereocenters. The number of hydrogen-bond donors (Lipinski definition) is 2. The Labute approximate surface area is 83.9 Å². The first-order chi connectivity index (χ1) is 6.59. The quantitative estimate of drug-likeness (QED) is 0.542. The third-order valence-electron chi connectivity index (χ3n) is 1.45. The second-order valence-corrected chi connectivity index (χ2v) is 3.51. The normalized spacial score (nSPS) is 10.0. The van der Waals surface area contributed by atoms with Crippen LogP contribution in [0.25, 0.3) is 0 Å². The third-order valence-corrected chi connectivity index (χ3v) is 2.38. The SMILES string of the molecule is NC(=O)CNCc1csc([N+](=O)[O-])c1. The number of nitrogens with zero attached hydrogens (tertiary/aromatic N) is 1. The fourth-order valence-corrected chi connectivity index (χ4v) is 1.61. The van der Waals surface area contributed by atoms with E-state index in [0.29, 0.717) is 6.54 Å². The van der Waals surface area contributed by atoms with Gasteiger partial charge in [0.1, 0.15) is 0 Å². The molecule has 1 aromatic heterocycles. The summed E-state index contributed by atoms with van der Waals surface area (Å²) >= 11 is 1.06. The number of nitrogens with one attached hydrogen (secondary N) is 1. The number of nitrogens with two attached hydrogens (primary N) is 1. The van der Waals surface area contributed by atoms with Crippen molar-refractivity contribution in [2.24, 2.45) is 5.73 Å². The Balaban J connectivity index is 2.44. The van der Waals surface area contributed by atoms with Crippen molar-refractivity contribution >= 4 is 22.2 Å².